The fraction of sp³-hybridized carbons (Fsp3) is 0.219. The lowest BCUT2D eigenvalue weighted by Gasteiger charge is -2.25. The molecule has 0 fully saturated rings. The number of hydrogen-bond acceptors (Lipinski definition) is 3. The van der Waals surface area contributed by atoms with E-state index in [2.05, 4.69) is 76.5 Å². The van der Waals surface area contributed by atoms with Gasteiger partial charge in [0.25, 0.3) is 0 Å². The van der Waals surface area contributed by atoms with Gasteiger partial charge in [0.1, 0.15) is 0 Å². The number of halogens is 1. The number of benzene rings is 4. The number of fused-ring (bicyclic) bond motifs is 1. The Morgan fingerprint density at radius 2 is 1.25 bits per heavy atom. The number of carbonyl (C=O) groups excluding carboxylic acids is 1. The maximum Gasteiger partial charge on any atom is 0.164 e. The summed E-state index contributed by atoms with van der Waals surface area (Å²) in [4.78, 5) is 18.0. The first kappa shape index (κ1) is 25.7. The quantitative estimate of drug-likeness (QED) is 0.242. The predicted molar refractivity (Wildman–Crippen MR) is 152 cm³/mol. The van der Waals surface area contributed by atoms with Crippen LogP contribution in [0.15, 0.2) is 109 Å². The van der Waals surface area contributed by atoms with Gasteiger partial charge in [-0.15, -0.1) is 12.4 Å². The smallest absolute Gasteiger partial charge is 0.164 e. The molecule has 0 atom stereocenters. The van der Waals surface area contributed by atoms with Gasteiger partial charge >= 0.3 is 0 Å². The van der Waals surface area contributed by atoms with Gasteiger partial charge in [-0.25, -0.2) is 0 Å². The number of ketones is 1. The summed E-state index contributed by atoms with van der Waals surface area (Å²) in [7, 11) is 0. The molecule has 0 saturated heterocycles. The highest BCUT2D eigenvalue weighted by molar-refractivity contribution is 5.96. The lowest BCUT2D eigenvalue weighted by molar-refractivity contribution is 0.0985. The summed E-state index contributed by atoms with van der Waals surface area (Å²) in [6.07, 6.45) is 2.50. The van der Waals surface area contributed by atoms with Crippen molar-refractivity contribution in [3.05, 3.63) is 131 Å². The second-order valence-corrected chi connectivity index (χ2v) is 9.24. The van der Waals surface area contributed by atoms with Crippen molar-refractivity contribution in [1.82, 2.24) is 4.90 Å². The van der Waals surface area contributed by atoms with E-state index in [-0.39, 0.29) is 18.2 Å². The summed E-state index contributed by atoms with van der Waals surface area (Å²) in [6.45, 7) is 3.71. The zero-order chi connectivity index (χ0) is 23.9. The van der Waals surface area contributed by atoms with E-state index in [1.165, 1.54) is 16.7 Å². The first-order valence-electron chi connectivity index (χ1n) is 12.6. The van der Waals surface area contributed by atoms with E-state index >= 15 is 0 Å². The van der Waals surface area contributed by atoms with E-state index in [9.17, 15) is 4.79 Å². The molecule has 4 aromatic rings. The standard InChI is InChI=1S/C32H32N2O.ClH/c35-32(20-23-34(30-12-6-2-7-13-30)31-14-8-3-9-15-31)29-17-16-27-18-21-33(22-19-28(27)24-29)25-26-10-4-1-5-11-26;/h1-17,24H,18-23,25H2;1H. The van der Waals surface area contributed by atoms with Crippen molar-refractivity contribution < 1.29 is 4.79 Å². The summed E-state index contributed by atoms with van der Waals surface area (Å²) in [5.41, 5.74) is 7.11. The van der Waals surface area contributed by atoms with Crippen LogP contribution in [0.3, 0.4) is 0 Å². The molecule has 184 valence electrons. The van der Waals surface area contributed by atoms with Crippen LogP contribution in [-0.4, -0.2) is 30.3 Å². The molecule has 1 heterocycles. The van der Waals surface area contributed by atoms with Gasteiger partial charge in [-0.1, -0.05) is 78.9 Å². The average molecular weight is 497 g/mol. The third kappa shape index (κ3) is 6.42. The molecule has 0 aromatic heterocycles. The predicted octanol–water partition coefficient (Wildman–Crippen LogP) is 7.12. The van der Waals surface area contributed by atoms with Gasteiger partial charge in [0.2, 0.25) is 0 Å². The monoisotopic (exact) mass is 496 g/mol. The molecule has 0 spiro atoms. The minimum absolute atomic E-state index is 0. The number of anilines is 2. The minimum atomic E-state index is 0. The number of hydrogen-bond donors (Lipinski definition) is 0. The first-order valence-corrected chi connectivity index (χ1v) is 12.6. The zero-order valence-electron chi connectivity index (χ0n) is 20.6. The average Bonchev–Trinajstić information content (AvgIpc) is 3.12. The van der Waals surface area contributed by atoms with Crippen molar-refractivity contribution in [2.75, 3.05) is 24.5 Å². The van der Waals surface area contributed by atoms with Crippen molar-refractivity contribution in [2.24, 2.45) is 0 Å². The third-order valence-electron chi connectivity index (χ3n) is 6.87. The number of rotatable bonds is 8. The molecule has 36 heavy (non-hydrogen) atoms. The normalized spacial score (nSPS) is 13.2. The van der Waals surface area contributed by atoms with Crippen LogP contribution in [0.4, 0.5) is 11.4 Å². The molecule has 0 unspecified atom stereocenters. The van der Waals surface area contributed by atoms with Crippen molar-refractivity contribution in [1.29, 1.82) is 0 Å². The summed E-state index contributed by atoms with van der Waals surface area (Å²) in [5.74, 6) is 0.204. The molecule has 0 radical (unpaired) electrons. The lowest BCUT2D eigenvalue weighted by atomic mass is 9.97. The Bertz CT molecular complexity index is 1210. The van der Waals surface area contributed by atoms with E-state index in [1.807, 2.05) is 42.5 Å². The van der Waals surface area contributed by atoms with Gasteiger partial charge < -0.3 is 4.90 Å². The highest BCUT2D eigenvalue weighted by Crippen LogP contribution is 2.26. The molecule has 4 aromatic carbocycles. The Morgan fingerprint density at radius 1 is 0.694 bits per heavy atom. The number of Topliss-reactive ketones (excluding diaryl/α,β-unsaturated/α-hetero) is 1. The van der Waals surface area contributed by atoms with E-state index in [4.69, 9.17) is 0 Å². The van der Waals surface area contributed by atoms with Gasteiger partial charge in [0, 0.05) is 49.5 Å². The van der Waals surface area contributed by atoms with Crippen molar-refractivity contribution in [3.63, 3.8) is 0 Å². The van der Waals surface area contributed by atoms with Crippen molar-refractivity contribution in [2.45, 2.75) is 25.8 Å². The van der Waals surface area contributed by atoms with Crippen molar-refractivity contribution in [3.8, 4) is 0 Å². The van der Waals surface area contributed by atoms with Crippen LogP contribution in [0, 0.1) is 0 Å². The van der Waals surface area contributed by atoms with Gasteiger partial charge in [0.15, 0.2) is 5.78 Å². The van der Waals surface area contributed by atoms with Gasteiger partial charge in [0.05, 0.1) is 0 Å². The van der Waals surface area contributed by atoms with Crippen LogP contribution in [0.25, 0.3) is 0 Å². The number of carbonyl (C=O) groups is 1. The largest absolute Gasteiger partial charge is 0.341 e. The van der Waals surface area contributed by atoms with E-state index in [1.54, 1.807) is 0 Å². The minimum Gasteiger partial charge on any atom is -0.341 e. The molecule has 1 aliphatic rings. The molecule has 0 saturated carbocycles. The summed E-state index contributed by atoms with van der Waals surface area (Å²) >= 11 is 0. The maximum absolute atomic E-state index is 13.3. The van der Waals surface area contributed by atoms with Gasteiger partial charge in [-0.2, -0.15) is 0 Å². The van der Waals surface area contributed by atoms with Gasteiger partial charge in [-0.3, -0.25) is 9.69 Å². The van der Waals surface area contributed by atoms with Crippen LogP contribution < -0.4 is 4.90 Å². The Labute approximate surface area is 220 Å². The molecule has 1 aliphatic heterocycles. The molecule has 0 aliphatic carbocycles. The number of para-hydroxylation sites is 2. The van der Waals surface area contributed by atoms with E-state index < -0.39 is 0 Å². The zero-order valence-corrected chi connectivity index (χ0v) is 21.4. The van der Waals surface area contributed by atoms with E-state index in [0.29, 0.717) is 13.0 Å². The topological polar surface area (TPSA) is 23.6 Å². The van der Waals surface area contributed by atoms with Crippen LogP contribution >= 0.6 is 12.4 Å². The highest BCUT2D eigenvalue weighted by Gasteiger charge is 2.17. The molecule has 5 rings (SSSR count). The van der Waals surface area contributed by atoms with Crippen LogP contribution in [0.1, 0.15) is 33.5 Å². The van der Waals surface area contributed by atoms with Gasteiger partial charge in [-0.05, 0) is 59.9 Å². The molecule has 0 amide bonds. The Kier molecular flexibility index (Phi) is 8.94. The second kappa shape index (κ2) is 12.5. The fourth-order valence-electron chi connectivity index (χ4n) is 4.93. The Balaban J connectivity index is 0.00000304. The summed E-state index contributed by atoms with van der Waals surface area (Å²) < 4.78 is 0. The van der Waals surface area contributed by atoms with Crippen LogP contribution in [0.5, 0.6) is 0 Å². The molecule has 0 bridgehead atoms. The summed E-state index contributed by atoms with van der Waals surface area (Å²) in [5, 5.41) is 0. The molecular weight excluding hydrogens is 464 g/mol. The van der Waals surface area contributed by atoms with Crippen molar-refractivity contribution >= 4 is 29.6 Å². The first-order chi connectivity index (χ1) is 17.3. The molecule has 3 nitrogen and oxygen atoms in total. The highest BCUT2D eigenvalue weighted by atomic mass is 35.5. The number of nitrogens with zero attached hydrogens (tertiary/aromatic N) is 2. The molecule has 0 N–H and O–H groups in total. The maximum atomic E-state index is 13.3. The van der Waals surface area contributed by atoms with E-state index in [0.717, 1.165) is 49.4 Å². The fourth-order valence-corrected chi connectivity index (χ4v) is 4.93. The van der Waals surface area contributed by atoms with Crippen LogP contribution in [0.2, 0.25) is 0 Å². The third-order valence-corrected chi connectivity index (χ3v) is 6.87. The Morgan fingerprint density at radius 3 is 1.86 bits per heavy atom. The lowest BCUT2D eigenvalue weighted by Crippen LogP contribution is -2.25. The molecule has 4 heteroatoms. The Hall–Kier alpha value is -3.40. The SMILES string of the molecule is Cl.O=C(CCN(c1ccccc1)c1ccccc1)c1ccc2c(c1)CCN(Cc1ccccc1)CC2. The van der Waals surface area contributed by atoms with Crippen LogP contribution in [-0.2, 0) is 19.4 Å². The second-order valence-electron chi connectivity index (χ2n) is 9.24. The summed E-state index contributed by atoms with van der Waals surface area (Å²) in [6, 6.07) is 37.7. The molecular formula is C32H33ClN2O.